The molecule has 0 heterocycles. The van der Waals surface area contributed by atoms with Crippen LogP contribution in [0, 0.1) is 6.92 Å². The third-order valence-corrected chi connectivity index (χ3v) is 0.604. The molecule has 0 aliphatic heterocycles. The molecular weight excluding hydrogens is 232 g/mol. The summed E-state index contributed by atoms with van der Waals surface area (Å²) in [6.45, 7) is 5.85. The van der Waals surface area contributed by atoms with E-state index in [-0.39, 0.29) is 44.3 Å². The first-order valence-corrected chi connectivity index (χ1v) is 2.21. The van der Waals surface area contributed by atoms with Crippen LogP contribution in [0.4, 0.5) is 0 Å². The summed E-state index contributed by atoms with van der Waals surface area (Å²) in [5.41, 5.74) is 0. The Balaban J connectivity index is -0.0000000267. The van der Waals surface area contributed by atoms with E-state index in [9.17, 15) is 0 Å². The molecule has 1 radical (unpaired) electrons. The Labute approximate surface area is 77.4 Å². The molecule has 0 nitrogen and oxygen atoms in total. The van der Waals surface area contributed by atoms with Gasteiger partial charge in [0.2, 0.25) is 0 Å². The molecule has 0 unspecified atom stereocenters. The second-order valence-electron chi connectivity index (χ2n) is 1.21. The fraction of sp³-hybridized carbons (Fsp3) is 0.800. The Morgan fingerprint density at radius 2 is 1.62 bits per heavy atom. The van der Waals surface area contributed by atoms with E-state index in [0.29, 0.717) is 0 Å². The average molecular weight is 243 g/mol. The van der Waals surface area contributed by atoms with Crippen molar-refractivity contribution in [1.29, 1.82) is 0 Å². The zero-order chi connectivity index (χ0) is 4.12. The van der Waals surface area contributed by atoms with Gasteiger partial charge in [0.1, 0.15) is 0 Å². The molecule has 3 heteroatoms. The van der Waals surface area contributed by atoms with Gasteiger partial charge in [0.15, 0.2) is 0 Å². The Bertz CT molecular complexity index is 17.9. The number of hydrogen-bond donors (Lipinski definition) is 0. The van der Waals surface area contributed by atoms with E-state index in [0.717, 1.165) is 6.42 Å². The van der Waals surface area contributed by atoms with E-state index in [1.54, 1.807) is 0 Å². The van der Waals surface area contributed by atoms with Gasteiger partial charge in [0.05, 0.1) is 0 Å². The van der Waals surface area contributed by atoms with Crippen molar-refractivity contribution >= 4 is 0 Å². The first kappa shape index (κ1) is 22.9. The number of halogens is 2. The van der Waals surface area contributed by atoms with Crippen molar-refractivity contribution in [2.75, 3.05) is 0 Å². The van der Waals surface area contributed by atoms with E-state index in [1.807, 2.05) is 0 Å². The smallest absolute Gasteiger partial charge is 1.00 e. The van der Waals surface area contributed by atoms with Gasteiger partial charge in [0, 0.05) is 0 Å². The minimum atomic E-state index is 0. The number of unbranched alkanes of at least 4 members (excludes halogenated alkanes) is 2. The van der Waals surface area contributed by atoms with Crippen LogP contribution in [-0.2, 0) is 19.5 Å². The van der Waals surface area contributed by atoms with E-state index >= 15 is 0 Å². The van der Waals surface area contributed by atoms with Crippen LogP contribution in [0.1, 0.15) is 26.2 Å². The van der Waals surface area contributed by atoms with E-state index in [1.165, 1.54) is 12.8 Å². The molecule has 0 saturated carbocycles. The Morgan fingerprint density at radius 3 is 1.62 bits per heavy atom. The quantitative estimate of drug-likeness (QED) is 0.343. The number of hydrogen-bond acceptors (Lipinski definition) is 0. The van der Waals surface area contributed by atoms with Gasteiger partial charge in [-0.3, -0.25) is 0 Å². The van der Waals surface area contributed by atoms with Crippen molar-refractivity contribution in [1.82, 2.24) is 0 Å². The second kappa shape index (κ2) is 24.1. The van der Waals surface area contributed by atoms with Crippen molar-refractivity contribution in [2.45, 2.75) is 26.2 Å². The van der Waals surface area contributed by atoms with Crippen LogP contribution in [0.25, 0.3) is 0 Å². The third kappa shape index (κ3) is 27.0. The van der Waals surface area contributed by atoms with Gasteiger partial charge in [-0.2, -0.15) is 6.42 Å². The van der Waals surface area contributed by atoms with Crippen LogP contribution in [-0.4, -0.2) is 0 Å². The molecule has 0 atom stereocenters. The minimum Gasteiger partial charge on any atom is -1.00 e. The maximum Gasteiger partial charge on any atom is 3.00 e. The first-order chi connectivity index (χ1) is 2.41. The Kier molecular flexibility index (Phi) is 68.9. The molecule has 53 valence electrons. The van der Waals surface area contributed by atoms with Crippen LogP contribution in [0.2, 0.25) is 0 Å². The maximum absolute atomic E-state index is 3.68. The summed E-state index contributed by atoms with van der Waals surface area (Å²) in [5.74, 6) is 0. The van der Waals surface area contributed by atoms with E-state index < -0.39 is 0 Å². The van der Waals surface area contributed by atoms with Crippen LogP contribution in [0.3, 0.4) is 0 Å². The topological polar surface area (TPSA) is 0 Å². The number of rotatable bonds is 2. The maximum atomic E-state index is 3.68. The average Bonchev–Trinajstić information content (AvgIpc) is 1.41. The zero-order valence-electron chi connectivity index (χ0n) is 4.94. The van der Waals surface area contributed by atoms with Gasteiger partial charge in [0.25, 0.3) is 0 Å². The molecule has 0 fully saturated rings. The SMILES string of the molecule is [CH2-]CCCC.[Cl-].[Cl-].[Ru+3]. The largest absolute Gasteiger partial charge is 3.00 e. The predicted octanol–water partition coefficient (Wildman–Crippen LogP) is -3.98. The summed E-state index contributed by atoms with van der Waals surface area (Å²) in [7, 11) is 0. The Hall–Kier alpha value is 1.20. The van der Waals surface area contributed by atoms with Crippen molar-refractivity contribution in [3.63, 3.8) is 0 Å². The molecule has 0 amide bonds. The summed E-state index contributed by atoms with van der Waals surface area (Å²) in [6, 6.07) is 0. The van der Waals surface area contributed by atoms with Gasteiger partial charge in [-0.15, -0.1) is 0 Å². The molecule has 8 heavy (non-hydrogen) atoms. The molecule has 0 aliphatic carbocycles. The van der Waals surface area contributed by atoms with Crippen LogP contribution < -0.4 is 24.8 Å². The molecule has 0 aromatic carbocycles. The minimum absolute atomic E-state index is 0. The Morgan fingerprint density at radius 1 is 1.25 bits per heavy atom. The zero-order valence-corrected chi connectivity index (χ0v) is 8.19. The van der Waals surface area contributed by atoms with Crippen molar-refractivity contribution in [3.05, 3.63) is 6.92 Å². The molecule has 0 N–H and O–H groups in total. The van der Waals surface area contributed by atoms with E-state index in [4.69, 9.17) is 0 Å². The fourth-order valence-electron chi connectivity index (χ4n) is 0.250. The summed E-state index contributed by atoms with van der Waals surface area (Å²) in [5, 5.41) is 0. The van der Waals surface area contributed by atoms with Gasteiger partial charge in [-0.05, 0) is 0 Å². The summed E-state index contributed by atoms with van der Waals surface area (Å²) < 4.78 is 0. The van der Waals surface area contributed by atoms with Crippen LogP contribution in [0.15, 0.2) is 0 Å². The standard InChI is InChI=1S/C5H11.2ClH.Ru/c1-3-5-4-2;;;/h1,3-5H2,2H3;2*1H;/q-1;;;+3/p-2. The predicted molar refractivity (Wildman–Crippen MR) is 24.9 cm³/mol. The van der Waals surface area contributed by atoms with Gasteiger partial charge >= 0.3 is 19.5 Å². The van der Waals surface area contributed by atoms with Crippen molar-refractivity contribution < 1.29 is 44.3 Å². The molecule has 0 aliphatic rings. The van der Waals surface area contributed by atoms with Gasteiger partial charge < -0.3 is 31.7 Å². The fourth-order valence-corrected chi connectivity index (χ4v) is 0.250. The molecule has 0 aromatic heterocycles. The molecule has 0 rings (SSSR count). The third-order valence-electron chi connectivity index (χ3n) is 0.604. The molecule has 0 bridgehead atoms. The monoisotopic (exact) mass is 243 g/mol. The second-order valence-corrected chi connectivity index (χ2v) is 1.21. The van der Waals surface area contributed by atoms with Crippen LogP contribution >= 0.6 is 0 Å². The van der Waals surface area contributed by atoms with E-state index in [2.05, 4.69) is 13.8 Å². The summed E-state index contributed by atoms with van der Waals surface area (Å²) >= 11 is 0. The van der Waals surface area contributed by atoms with Crippen molar-refractivity contribution in [3.8, 4) is 0 Å². The molecule has 0 saturated heterocycles. The van der Waals surface area contributed by atoms with Gasteiger partial charge in [-0.1, -0.05) is 19.8 Å². The summed E-state index contributed by atoms with van der Waals surface area (Å²) in [6.07, 6.45) is 3.65. The summed E-state index contributed by atoms with van der Waals surface area (Å²) in [4.78, 5) is 0. The molecule has 0 aromatic rings. The molecular formula is C5H11Cl2Ru. The normalized spacial score (nSPS) is 5.25. The first-order valence-electron chi connectivity index (χ1n) is 2.21. The van der Waals surface area contributed by atoms with Gasteiger partial charge in [-0.25, -0.2) is 0 Å². The molecule has 0 spiro atoms. The van der Waals surface area contributed by atoms with Crippen molar-refractivity contribution in [2.24, 2.45) is 0 Å². The van der Waals surface area contributed by atoms with Crippen LogP contribution in [0.5, 0.6) is 0 Å².